The third-order valence-corrected chi connectivity index (χ3v) is 19.2. The number of amides is 3. The molecule has 7 aromatic rings. The number of alkyl halides is 15. The Labute approximate surface area is 616 Å². The van der Waals surface area contributed by atoms with Crippen molar-refractivity contribution in [3.63, 3.8) is 0 Å². The molecule has 37 heteroatoms. The van der Waals surface area contributed by atoms with Gasteiger partial charge >= 0.3 is 18.5 Å². The predicted octanol–water partition coefficient (Wildman–Crippen LogP) is 15.5. The first-order chi connectivity index (χ1) is 50.2. The molecule has 107 heavy (non-hydrogen) atoms. The van der Waals surface area contributed by atoms with Crippen molar-refractivity contribution in [2.24, 2.45) is 29.9 Å². The number of benzene rings is 3. The second-order valence-corrected chi connectivity index (χ2v) is 27.5. The number of anilines is 4. The zero-order valence-electron chi connectivity index (χ0n) is 56.5. The zero-order chi connectivity index (χ0) is 77.9. The lowest BCUT2D eigenvalue weighted by Gasteiger charge is -2.45. The summed E-state index contributed by atoms with van der Waals surface area (Å²) in [5.74, 6) is -18.1. The Hall–Kier alpha value is -9.70. The van der Waals surface area contributed by atoms with Crippen LogP contribution in [0.2, 0.25) is 15.1 Å². The van der Waals surface area contributed by atoms with Crippen LogP contribution in [0.25, 0.3) is 16.7 Å². The molecule has 3 aliphatic heterocycles. The predicted molar refractivity (Wildman–Crippen MR) is 373 cm³/mol. The smallest absolute Gasteiger partial charge is 0.393 e. The first-order valence-corrected chi connectivity index (χ1v) is 33.9. The van der Waals surface area contributed by atoms with Crippen molar-refractivity contribution >= 4 is 99.4 Å². The number of hydrogen-bond donors (Lipinski definition) is 7. The maximum absolute atomic E-state index is 16.8. The van der Waals surface area contributed by atoms with Crippen molar-refractivity contribution in [2.75, 3.05) is 67.7 Å². The summed E-state index contributed by atoms with van der Waals surface area (Å²) in [7, 11) is 2.80. The Morgan fingerprint density at radius 1 is 0.626 bits per heavy atom. The zero-order valence-corrected chi connectivity index (χ0v) is 58.8. The molecule has 3 fully saturated rings. The van der Waals surface area contributed by atoms with E-state index in [1.165, 1.54) is 92.7 Å². The van der Waals surface area contributed by atoms with Crippen molar-refractivity contribution in [1.82, 2.24) is 44.7 Å². The Balaban J connectivity index is 0.964. The van der Waals surface area contributed by atoms with Crippen LogP contribution in [0.15, 0.2) is 127 Å². The van der Waals surface area contributed by atoms with E-state index in [2.05, 4.69) is 51.8 Å². The minimum absolute atomic E-state index is 0.00541. The van der Waals surface area contributed by atoms with Crippen LogP contribution in [0, 0.1) is 28.6 Å². The van der Waals surface area contributed by atoms with Crippen LogP contribution < -0.4 is 26.7 Å². The molecule has 6 atom stereocenters. The van der Waals surface area contributed by atoms with E-state index < -0.39 is 171 Å². The SMILES string of the molecule is CN/C=C(\C(=N)C(=O)N1CC(F)(F)CC(Cc2cc(Cl)cc(-c3cn(C)nc3C(=O)N3CC(F)(F)C[C@@H](C)C3CNc3ccc(C(F)(F)F)cn3)c2)C1CNc1ccc(C(F)(F)F)cn1)c1ccc(Cl)c(CC2CC(F)(F)CN(C(=O)c3cc(Cl)ccc3N/N=C\C=N)C2CNc2ccc(C(F)(F)F)cn2)c1. The monoisotopic (exact) mass is 1570 g/mol. The number of hydrazone groups is 1. The highest BCUT2D eigenvalue weighted by Crippen LogP contribution is 2.44. The molecule has 0 saturated carbocycles. The fourth-order valence-corrected chi connectivity index (χ4v) is 14.1. The lowest BCUT2D eigenvalue weighted by Crippen LogP contribution is -2.59. The number of aryl methyl sites for hydroxylation is 1. The van der Waals surface area contributed by atoms with Gasteiger partial charge in [0.15, 0.2) is 5.69 Å². The third-order valence-electron chi connectivity index (χ3n) is 18.4. The molecule has 0 aliphatic carbocycles. The molecule has 10 rings (SSSR count). The van der Waals surface area contributed by atoms with Gasteiger partial charge in [-0.1, -0.05) is 53.9 Å². The summed E-state index contributed by atoms with van der Waals surface area (Å²) in [6.45, 7) is -3.32. The number of aromatic nitrogens is 5. The van der Waals surface area contributed by atoms with Crippen LogP contribution in [0.3, 0.4) is 0 Å². The molecule has 0 spiro atoms. The standard InChI is InChI=1S/C70H66Cl3F15N16O3/c1-37-23-65(74,75)34-102(54(37)30-95-57-11-5-44(26-92-57)68(80,81)82)64(107)61-51(33-101(3)100-61)40-16-38(18-48(72)21-40)17-42-24-66(76,77)36-104(55(42)31-96-58-12-6-45(27-93-58)69(83,84)85)63(106)60(90)50(29-91-2)39-4-9-52(73)41(19-39)20-43-25-67(78,79)35-103(56(43)32-97-59-13-7-46(28-94-59)70(86,87)88)62(105)49-22-47(71)8-10-53(49)99-98-15-14-89/h4-16,18-19,21-22,26-29,33,37,42-43,54-56,89-91,99H,17,20,23-25,30-32,34-36H2,1-3H3,(H,92,95)(H,93,96)(H,94,97)/b50-29-,89-14?,90-60?,98-15-/t37-,42?,43?,54?,55?,56?/m1/s1. The average Bonchev–Trinajstić information content (AvgIpc) is 1.70. The molecule has 3 aromatic carbocycles. The molecule has 3 saturated heterocycles. The summed E-state index contributed by atoms with van der Waals surface area (Å²) in [5, 5.41) is 36.3. The number of pyridine rings is 3. The van der Waals surface area contributed by atoms with Gasteiger partial charge in [0.2, 0.25) is 0 Å². The van der Waals surface area contributed by atoms with E-state index in [0.29, 0.717) is 29.6 Å². The van der Waals surface area contributed by atoms with Gasteiger partial charge in [0.05, 0.1) is 71.9 Å². The normalized spacial score (nSPS) is 20.3. The number of nitrogens with one attached hydrogen (secondary N) is 7. The molecule has 570 valence electrons. The van der Waals surface area contributed by atoms with Crippen LogP contribution in [0.1, 0.15) is 80.4 Å². The quantitative estimate of drug-likeness (QED) is 0.0180. The van der Waals surface area contributed by atoms with Crippen LogP contribution in [-0.4, -0.2) is 158 Å². The van der Waals surface area contributed by atoms with E-state index >= 15 is 31.1 Å². The first kappa shape index (κ1) is 79.9. The molecule has 4 aromatic heterocycles. The van der Waals surface area contributed by atoms with Crippen LogP contribution in [0.4, 0.5) is 89.0 Å². The second-order valence-electron chi connectivity index (χ2n) is 26.2. The average molecular weight is 1570 g/mol. The van der Waals surface area contributed by atoms with Gasteiger partial charge in [-0.25, -0.2) is 41.3 Å². The third kappa shape index (κ3) is 19.5. The number of hydrogen-bond acceptors (Lipinski definition) is 15. The molecule has 3 amide bonds. The minimum atomic E-state index is -4.82. The summed E-state index contributed by atoms with van der Waals surface area (Å²) >= 11 is 20.0. The van der Waals surface area contributed by atoms with Gasteiger partial charge in [-0.2, -0.15) is 49.7 Å². The summed E-state index contributed by atoms with van der Waals surface area (Å²) in [6, 6.07) is 13.7. The van der Waals surface area contributed by atoms with E-state index in [1.54, 1.807) is 0 Å². The maximum Gasteiger partial charge on any atom is 0.417 e. The molecule has 5 unspecified atom stereocenters. The molecule has 3 aliphatic rings. The van der Waals surface area contributed by atoms with E-state index in [0.717, 1.165) is 52.6 Å². The van der Waals surface area contributed by atoms with E-state index in [1.807, 2.05) is 0 Å². The van der Waals surface area contributed by atoms with E-state index in [4.69, 9.17) is 40.2 Å². The minimum Gasteiger partial charge on any atom is -0.393 e. The van der Waals surface area contributed by atoms with Gasteiger partial charge in [0.1, 0.15) is 23.2 Å². The fraction of sp³-hybridized carbons (Fsp3) is 0.371. The molecular formula is C70H66Cl3F15N16O3. The lowest BCUT2D eigenvalue weighted by molar-refractivity contribution is -0.146. The number of piperidine rings is 3. The summed E-state index contributed by atoms with van der Waals surface area (Å²) in [6.07, 6.45) is -11.6. The maximum atomic E-state index is 16.8. The number of halogens is 18. The molecule has 0 bridgehead atoms. The number of nitrogens with zero attached hydrogens (tertiary/aromatic N) is 9. The van der Waals surface area contributed by atoms with Gasteiger partial charge < -0.3 is 41.4 Å². The Morgan fingerprint density at radius 3 is 1.66 bits per heavy atom. The lowest BCUT2D eigenvalue weighted by atomic mass is 9.81. The Kier molecular flexibility index (Phi) is 23.9. The summed E-state index contributed by atoms with van der Waals surface area (Å²) < 4.78 is 221. The van der Waals surface area contributed by atoms with Crippen molar-refractivity contribution in [3.8, 4) is 11.1 Å². The first-order valence-electron chi connectivity index (χ1n) is 32.7. The van der Waals surface area contributed by atoms with Gasteiger partial charge in [0, 0.05) is 116 Å². The molecule has 7 heterocycles. The molecule has 0 radical (unpaired) electrons. The number of rotatable bonds is 23. The van der Waals surface area contributed by atoms with Crippen molar-refractivity contribution in [2.45, 2.75) is 93.4 Å². The second kappa shape index (κ2) is 32.0. The van der Waals surface area contributed by atoms with Gasteiger partial charge in [-0.15, -0.1) is 0 Å². The Bertz CT molecular complexity index is 4490. The van der Waals surface area contributed by atoms with Gasteiger partial charge in [0.25, 0.3) is 35.5 Å². The van der Waals surface area contributed by atoms with E-state index in [9.17, 15) is 54.5 Å². The highest BCUT2D eigenvalue weighted by molar-refractivity contribution is 6.54. The van der Waals surface area contributed by atoms with Crippen molar-refractivity contribution in [3.05, 3.63) is 182 Å². The summed E-state index contributed by atoms with van der Waals surface area (Å²) in [4.78, 5) is 58.9. The number of carbonyl (C=O) groups is 3. The number of likely N-dealkylation sites (tertiary alicyclic amines) is 3. The molecule has 7 N–H and O–H groups in total. The van der Waals surface area contributed by atoms with Gasteiger partial charge in [-0.05, 0) is 132 Å². The highest BCUT2D eigenvalue weighted by Gasteiger charge is 2.52. The number of carbonyl (C=O) groups excluding carboxylic acids is 3. The van der Waals surface area contributed by atoms with Gasteiger partial charge in [-0.3, -0.25) is 29.9 Å². The topological polar surface area (TPSA) is 238 Å². The van der Waals surface area contributed by atoms with Crippen LogP contribution in [-0.2, 0) is 43.2 Å². The molecular weight excluding hydrogens is 1500 g/mol. The molecule has 19 nitrogen and oxygen atoms in total. The van der Waals surface area contributed by atoms with Crippen molar-refractivity contribution < 1.29 is 80.2 Å². The summed E-state index contributed by atoms with van der Waals surface area (Å²) in [5.41, 5.74) is -2.10. The fourth-order valence-electron chi connectivity index (χ4n) is 13.5. The Morgan fingerprint density at radius 2 is 1.14 bits per heavy atom. The van der Waals surface area contributed by atoms with E-state index in [-0.39, 0.29) is 95.8 Å². The highest BCUT2D eigenvalue weighted by atomic mass is 35.5. The van der Waals surface area contributed by atoms with Crippen LogP contribution in [0.5, 0.6) is 0 Å². The van der Waals surface area contributed by atoms with Crippen LogP contribution >= 0.6 is 34.8 Å². The van der Waals surface area contributed by atoms with Crippen molar-refractivity contribution in [1.29, 1.82) is 10.8 Å². The largest absolute Gasteiger partial charge is 0.417 e.